The molecular weight excluding hydrogens is 550 g/mol. The van der Waals surface area contributed by atoms with Crippen molar-refractivity contribution in [3.63, 3.8) is 0 Å². The van der Waals surface area contributed by atoms with Gasteiger partial charge in [0.2, 0.25) is 0 Å². The number of thiazole rings is 1. The Balaban J connectivity index is 1.30. The summed E-state index contributed by atoms with van der Waals surface area (Å²) >= 11 is 1.34. The monoisotopic (exact) mass is 581 g/mol. The lowest BCUT2D eigenvalue weighted by atomic mass is 10.1. The fourth-order valence-electron chi connectivity index (χ4n) is 4.65. The van der Waals surface area contributed by atoms with Gasteiger partial charge in [0.25, 0.3) is 5.91 Å². The quantitative estimate of drug-likeness (QED) is 0.458. The predicted octanol–water partition coefficient (Wildman–Crippen LogP) is 1.37. The van der Waals surface area contributed by atoms with Gasteiger partial charge < -0.3 is 4.74 Å². The van der Waals surface area contributed by atoms with Gasteiger partial charge in [0.05, 0.1) is 28.3 Å². The maximum absolute atomic E-state index is 13.3. The van der Waals surface area contributed by atoms with Crippen molar-refractivity contribution in [2.45, 2.75) is 36.0 Å². The minimum atomic E-state index is -3.51. The van der Waals surface area contributed by atoms with Gasteiger partial charge >= 0.3 is 0 Å². The molecule has 11 nitrogen and oxygen atoms in total. The number of benzene rings is 1. The smallest absolute Gasteiger partial charge is 0.278 e. The number of ether oxygens (including phenoxy) is 1. The van der Waals surface area contributed by atoms with E-state index in [1.807, 2.05) is 5.01 Å². The van der Waals surface area contributed by atoms with E-state index in [0.717, 1.165) is 30.8 Å². The van der Waals surface area contributed by atoms with E-state index in [2.05, 4.69) is 20.3 Å². The Kier molecular flexibility index (Phi) is 8.14. The molecular formula is C24H31N5O6S3. The highest BCUT2D eigenvalue weighted by molar-refractivity contribution is 7.92. The topological polar surface area (TPSA) is 138 Å². The van der Waals surface area contributed by atoms with Crippen molar-refractivity contribution in [2.75, 3.05) is 56.2 Å². The largest absolute Gasteiger partial charge is 0.380 e. The summed E-state index contributed by atoms with van der Waals surface area (Å²) in [6, 6.07) is 6.29. The Morgan fingerprint density at radius 2 is 1.84 bits per heavy atom. The molecule has 1 atom stereocenters. The van der Waals surface area contributed by atoms with Crippen molar-refractivity contribution in [1.82, 2.24) is 14.9 Å². The van der Waals surface area contributed by atoms with Gasteiger partial charge in [-0.1, -0.05) is 12.1 Å². The molecule has 1 amide bonds. The Morgan fingerprint density at radius 1 is 1.13 bits per heavy atom. The zero-order valence-electron chi connectivity index (χ0n) is 20.9. The number of anilines is 1. The Bertz CT molecular complexity index is 1380. The van der Waals surface area contributed by atoms with Crippen molar-refractivity contribution in [2.24, 2.45) is 5.10 Å². The number of hydrazone groups is 1. The van der Waals surface area contributed by atoms with Crippen molar-refractivity contribution in [3.8, 4) is 0 Å². The number of hydrogen-bond donors (Lipinski definition) is 1. The number of carbonyl (C=O) groups excluding carboxylic acids is 1. The van der Waals surface area contributed by atoms with Crippen molar-refractivity contribution >= 4 is 47.8 Å². The average molecular weight is 582 g/mol. The molecule has 1 aromatic carbocycles. The SMILES string of the molecule is O=C(Nc1ncc(CN2CCS(=O)(=O)CC2)s1)C(=NN1CCCC1)c1ccc(S(=O)(=O)[C@H]2CCOC2)cc1. The number of amides is 1. The van der Waals surface area contributed by atoms with E-state index < -0.39 is 30.8 Å². The molecule has 5 rings (SSSR count). The third-order valence-electron chi connectivity index (χ3n) is 6.91. The molecule has 0 unspecified atom stereocenters. The fourth-order valence-corrected chi connectivity index (χ4v) is 8.36. The van der Waals surface area contributed by atoms with E-state index in [4.69, 9.17) is 4.74 Å². The first kappa shape index (κ1) is 27.2. The van der Waals surface area contributed by atoms with E-state index in [9.17, 15) is 21.6 Å². The molecule has 0 radical (unpaired) electrons. The van der Waals surface area contributed by atoms with Crippen LogP contribution in [0.2, 0.25) is 0 Å². The van der Waals surface area contributed by atoms with E-state index >= 15 is 0 Å². The number of nitrogens with zero attached hydrogens (tertiary/aromatic N) is 4. The second kappa shape index (κ2) is 11.4. The highest BCUT2D eigenvalue weighted by Gasteiger charge is 2.31. The molecule has 3 aliphatic heterocycles. The average Bonchev–Trinajstić information content (AvgIpc) is 3.68. The number of nitrogens with one attached hydrogen (secondary N) is 1. The lowest BCUT2D eigenvalue weighted by Gasteiger charge is -2.25. The standard InChI is InChI=1S/C24H31N5O6S3/c30-23(26-24-25-15-19(36-24)16-28-10-13-37(31,32)14-11-28)22(27-29-8-1-2-9-29)18-3-5-20(6-4-18)38(33,34)21-7-12-35-17-21/h3-6,15,21H,1-2,7-14,16-17H2,(H,25,26,30)/t21-/m0/s1. The molecule has 2 aromatic rings. The van der Waals surface area contributed by atoms with Crippen LogP contribution in [0.5, 0.6) is 0 Å². The molecule has 38 heavy (non-hydrogen) atoms. The maximum atomic E-state index is 13.3. The summed E-state index contributed by atoms with van der Waals surface area (Å²) in [5, 5.41) is 9.16. The second-order valence-corrected chi connectivity index (χ2v) is 15.3. The number of aromatic nitrogens is 1. The van der Waals surface area contributed by atoms with E-state index in [1.165, 1.54) is 23.5 Å². The summed E-state index contributed by atoms with van der Waals surface area (Å²) in [7, 11) is -6.46. The molecule has 0 bridgehead atoms. The normalized spacial score (nSPS) is 22.6. The highest BCUT2D eigenvalue weighted by Crippen LogP contribution is 2.24. The first-order valence-electron chi connectivity index (χ1n) is 12.6. The van der Waals surface area contributed by atoms with Crippen LogP contribution in [0.15, 0.2) is 40.5 Å². The molecule has 3 aliphatic rings. The summed E-state index contributed by atoms with van der Waals surface area (Å²) < 4.78 is 54.4. The van der Waals surface area contributed by atoms with Crippen LogP contribution < -0.4 is 5.32 Å². The third kappa shape index (κ3) is 6.42. The first-order valence-corrected chi connectivity index (χ1v) is 16.8. The molecule has 14 heteroatoms. The molecule has 206 valence electrons. The lowest BCUT2D eigenvalue weighted by molar-refractivity contribution is -0.110. The molecule has 1 aromatic heterocycles. The van der Waals surface area contributed by atoms with Crippen LogP contribution in [0.25, 0.3) is 0 Å². The summed E-state index contributed by atoms with van der Waals surface area (Å²) in [6.07, 6.45) is 4.15. The second-order valence-electron chi connectivity index (χ2n) is 9.68. The number of carbonyl (C=O) groups is 1. The van der Waals surface area contributed by atoms with Crippen molar-refractivity contribution in [3.05, 3.63) is 40.9 Å². The summed E-state index contributed by atoms with van der Waals surface area (Å²) in [5.74, 6) is -0.123. The third-order valence-corrected chi connectivity index (χ3v) is 11.6. The van der Waals surface area contributed by atoms with Crippen LogP contribution in [0.1, 0.15) is 29.7 Å². The Morgan fingerprint density at radius 3 is 2.50 bits per heavy atom. The number of sulfone groups is 2. The van der Waals surface area contributed by atoms with Gasteiger partial charge in [-0.15, -0.1) is 11.3 Å². The van der Waals surface area contributed by atoms with Crippen LogP contribution in [0.3, 0.4) is 0 Å². The van der Waals surface area contributed by atoms with Crippen LogP contribution in [0, 0.1) is 0 Å². The lowest BCUT2D eigenvalue weighted by Crippen LogP contribution is -2.39. The fraction of sp³-hybridized carbons (Fsp3) is 0.542. The molecule has 3 saturated heterocycles. The summed E-state index contributed by atoms with van der Waals surface area (Å²) in [6.45, 7) is 3.66. The van der Waals surface area contributed by atoms with Crippen molar-refractivity contribution in [1.29, 1.82) is 0 Å². The van der Waals surface area contributed by atoms with E-state index in [-0.39, 0.29) is 28.7 Å². The molecule has 3 fully saturated rings. The maximum Gasteiger partial charge on any atom is 0.278 e. The number of hydrogen-bond acceptors (Lipinski definition) is 11. The van der Waals surface area contributed by atoms with Gasteiger partial charge in [-0.05, 0) is 31.4 Å². The Labute approximate surface area is 226 Å². The van der Waals surface area contributed by atoms with Gasteiger partial charge in [-0.25, -0.2) is 21.8 Å². The highest BCUT2D eigenvalue weighted by atomic mass is 32.2. The van der Waals surface area contributed by atoms with Gasteiger partial charge in [0.15, 0.2) is 30.5 Å². The number of rotatable bonds is 8. The molecule has 0 spiro atoms. The molecule has 0 aliphatic carbocycles. The van der Waals surface area contributed by atoms with Gasteiger partial charge in [0, 0.05) is 56.0 Å². The summed E-state index contributed by atoms with van der Waals surface area (Å²) in [5.41, 5.74) is 0.709. The Hall–Kier alpha value is -2.39. The molecule has 4 heterocycles. The van der Waals surface area contributed by atoms with Gasteiger partial charge in [0.1, 0.15) is 0 Å². The van der Waals surface area contributed by atoms with Gasteiger partial charge in [-0.3, -0.25) is 20.0 Å². The minimum absolute atomic E-state index is 0.153. The van der Waals surface area contributed by atoms with Crippen molar-refractivity contribution < 1.29 is 26.4 Å². The zero-order chi connectivity index (χ0) is 26.8. The van der Waals surface area contributed by atoms with Crippen LogP contribution in [-0.4, -0.2) is 99.5 Å². The van der Waals surface area contributed by atoms with Crippen LogP contribution >= 0.6 is 11.3 Å². The minimum Gasteiger partial charge on any atom is -0.380 e. The van der Waals surface area contributed by atoms with Crippen LogP contribution in [-0.2, 0) is 35.8 Å². The zero-order valence-corrected chi connectivity index (χ0v) is 23.4. The van der Waals surface area contributed by atoms with E-state index in [1.54, 1.807) is 18.3 Å². The summed E-state index contributed by atoms with van der Waals surface area (Å²) in [4.78, 5) is 20.9. The molecule has 0 saturated carbocycles. The van der Waals surface area contributed by atoms with Crippen LogP contribution in [0.4, 0.5) is 5.13 Å². The first-order chi connectivity index (χ1) is 18.2. The van der Waals surface area contributed by atoms with Gasteiger partial charge in [-0.2, -0.15) is 5.10 Å². The molecule has 1 N–H and O–H groups in total. The van der Waals surface area contributed by atoms with E-state index in [0.29, 0.717) is 43.4 Å². The predicted molar refractivity (Wildman–Crippen MR) is 145 cm³/mol.